The summed E-state index contributed by atoms with van der Waals surface area (Å²) < 4.78 is 5.53. The molecule has 1 saturated heterocycles. The van der Waals surface area contributed by atoms with Gasteiger partial charge >= 0.3 is 0 Å². The number of rotatable bonds is 3. The van der Waals surface area contributed by atoms with Crippen molar-refractivity contribution < 1.29 is 9.84 Å². The van der Waals surface area contributed by atoms with Gasteiger partial charge in [-0.1, -0.05) is 13.8 Å². The minimum atomic E-state index is -0.171. The van der Waals surface area contributed by atoms with Crippen LogP contribution in [0.25, 0.3) is 0 Å². The molecule has 2 atom stereocenters. The van der Waals surface area contributed by atoms with Crippen LogP contribution in [-0.4, -0.2) is 47.0 Å². The first kappa shape index (κ1) is 14.0. The molecule has 3 N–H and O–H groups in total. The van der Waals surface area contributed by atoms with E-state index >= 15 is 0 Å². The Bertz CT molecular complexity index is 439. The van der Waals surface area contributed by atoms with E-state index in [0.29, 0.717) is 19.0 Å². The summed E-state index contributed by atoms with van der Waals surface area (Å²) in [6.07, 6.45) is -0.171. The van der Waals surface area contributed by atoms with Gasteiger partial charge in [0.2, 0.25) is 0 Å². The Balaban J connectivity index is 2.28. The standard InChI is InChI=1S/C13H22N4O2/c1-8(2)13-15-11(14)4-12(16-13)17-5-10(6-18)19-7-9(17)3/h4,8-10,18H,5-7H2,1-3H3,(H2,14,15,16). The second kappa shape index (κ2) is 5.71. The lowest BCUT2D eigenvalue weighted by molar-refractivity contribution is -0.0105. The van der Waals surface area contributed by atoms with Crippen LogP contribution in [-0.2, 0) is 4.74 Å². The van der Waals surface area contributed by atoms with Gasteiger partial charge in [0.1, 0.15) is 17.5 Å². The van der Waals surface area contributed by atoms with E-state index < -0.39 is 0 Å². The molecular formula is C13H22N4O2. The molecule has 2 heterocycles. The van der Waals surface area contributed by atoms with Crippen LogP contribution >= 0.6 is 0 Å². The first-order valence-electron chi connectivity index (χ1n) is 6.64. The van der Waals surface area contributed by atoms with Crippen LogP contribution in [0.2, 0.25) is 0 Å². The smallest absolute Gasteiger partial charge is 0.135 e. The number of hydrogen-bond acceptors (Lipinski definition) is 6. The van der Waals surface area contributed by atoms with Crippen molar-refractivity contribution in [1.29, 1.82) is 0 Å². The quantitative estimate of drug-likeness (QED) is 0.840. The fourth-order valence-corrected chi connectivity index (χ4v) is 2.12. The molecule has 6 nitrogen and oxygen atoms in total. The topological polar surface area (TPSA) is 84.5 Å². The number of anilines is 2. The van der Waals surface area contributed by atoms with Gasteiger partial charge in [-0.2, -0.15) is 0 Å². The summed E-state index contributed by atoms with van der Waals surface area (Å²) in [4.78, 5) is 10.9. The van der Waals surface area contributed by atoms with Gasteiger partial charge in [-0.05, 0) is 6.92 Å². The maximum atomic E-state index is 9.23. The van der Waals surface area contributed by atoms with E-state index in [1.54, 1.807) is 6.07 Å². The Morgan fingerprint density at radius 2 is 2.26 bits per heavy atom. The van der Waals surface area contributed by atoms with E-state index in [-0.39, 0.29) is 24.7 Å². The predicted molar refractivity (Wildman–Crippen MR) is 74.2 cm³/mol. The highest BCUT2D eigenvalue weighted by Gasteiger charge is 2.27. The average molecular weight is 266 g/mol. The van der Waals surface area contributed by atoms with Crippen molar-refractivity contribution in [3.63, 3.8) is 0 Å². The highest BCUT2D eigenvalue weighted by atomic mass is 16.5. The van der Waals surface area contributed by atoms with Crippen LogP contribution in [0.5, 0.6) is 0 Å². The van der Waals surface area contributed by atoms with Crippen molar-refractivity contribution in [1.82, 2.24) is 9.97 Å². The molecule has 1 aliphatic rings. The summed E-state index contributed by atoms with van der Waals surface area (Å²) in [6, 6.07) is 1.99. The molecule has 6 heteroatoms. The summed E-state index contributed by atoms with van der Waals surface area (Å²) in [5.74, 6) is 2.26. The fourth-order valence-electron chi connectivity index (χ4n) is 2.12. The predicted octanol–water partition coefficient (Wildman–Crippen LogP) is 0.768. The summed E-state index contributed by atoms with van der Waals surface area (Å²) in [7, 11) is 0. The van der Waals surface area contributed by atoms with Gasteiger partial charge in [0.05, 0.1) is 25.4 Å². The monoisotopic (exact) mass is 266 g/mol. The third-order valence-electron chi connectivity index (χ3n) is 3.27. The van der Waals surface area contributed by atoms with Crippen LogP contribution < -0.4 is 10.6 Å². The van der Waals surface area contributed by atoms with Crippen molar-refractivity contribution in [2.75, 3.05) is 30.4 Å². The molecule has 0 saturated carbocycles. The van der Waals surface area contributed by atoms with Crippen molar-refractivity contribution in [2.45, 2.75) is 38.8 Å². The molecular weight excluding hydrogens is 244 g/mol. The maximum absolute atomic E-state index is 9.23. The molecule has 0 bridgehead atoms. The highest BCUT2D eigenvalue weighted by Crippen LogP contribution is 2.23. The molecule has 0 aromatic carbocycles. The minimum Gasteiger partial charge on any atom is -0.394 e. The molecule has 1 aromatic rings. The summed E-state index contributed by atoms with van der Waals surface area (Å²) in [5, 5.41) is 9.23. The lowest BCUT2D eigenvalue weighted by atomic mass is 10.2. The zero-order valence-corrected chi connectivity index (χ0v) is 11.7. The Labute approximate surface area is 113 Å². The van der Waals surface area contributed by atoms with E-state index in [1.165, 1.54) is 0 Å². The molecule has 106 valence electrons. The summed E-state index contributed by atoms with van der Waals surface area (Å²) >= 11 is 0. The average Bonchev–Trinajstić information content (AvgIpc) is 2.38. The third-order valence-corrected chi connectivity index (χ3v) is 3.27. The Hall–Kier alpha value is -1.40. The molecule has 0 aliphatic carbocycles. The van der Waals surface area contributed by atoms with Crippen LogP contribution in [0.4, 0.5) is 11.6 Å². The largest absolute Gasteiger partial charge is 0.394 e. The van der Waals surface area contributed by atoms with Gasteiger partial charge in [0, 0.05) is 18.5 Å². The molecule has 1 fully saturated rings. The van der Waals surface area contributed by atoms with Crippen LogP contribution in [0.1, 0.15) is 32.5 Å². The van der Waals surface area contributed by atoms with Gasteiger partial charge in [-0.3, -0.25) is 0 Å². The second-order valence-corrected chi connectivity index (χ2v) is 5.30. The number of nitrogens with zero attached hydrogens (tertiary/aromatic N) is 3. The molecule has 2 rings (SSSR count). The number of aliphatic hydroxyl groups is 1. The number of nitrogens with two attached hydrogens (primary N) is 1. The maximum Gasteiger partial charge on any atom is 0.135 e. The van der Waals surface area contributed by atoms with Gasteiger partial charge in [-0.15, -0.1) is 0 Å². The van der Waals surface area contributed by atoms with Gasteiger partial charge < -0.3 is 20.5 Å². The van der Waals surface area contributed by atoms with E-state index in [9.17, 15) is 5.11 Å². The third kappa shape index (κ3) is 3.13. The van der Waals surface area contributed by atoms with Crippen LogP contribution in [0.15, 0.2) is 6.07 Å². The number of hydrogen-bond donors (Lipinski definition) is 2. The van der Waals surface area contributed by atoms with Crippen molar-refractivity contribution in [2.24, 2.45) is 0 Å². The molecule has 0 spiro atoms. The Morgan fingerprint density at radius 1 is 1.53 bits per heavy atom. The Kier molecular flexibility index (Phi) is 4.21. The number of aromatic nitrogens is 2. The molecule has 19 heavy (non-hydrogen) atoms. The van der Waals surface area contributed by atoms with E-state index in [1.807, 2.05) is 13.8 Å². The number of ether oxygens (including phenoxy) is 1. The number of nitrogen functional groups attached to an aromatic ring is 1. The molecule has 1 aliphatic heterocycles. The van der Waals surface area contributed by atoms with E-state index in [2.05, 4.69) is 21.8 Å². The lowest BCUT2D eigenvalue weighted by Gasteiger charge is -2.38. The van der Waals surface area contributed by atoms with Crippen molar-refractivity contribution in [3.05, 3.63) is 11.9 Å². The summed E-state index contributed by atoms with van der Waals surface area (Å²) in [5.41, 5.74) is 5.86. The van der Waals surface area contributed by atoms with Crippen LogP contribution in [0, 0.1) is 0 Å². The normalized spacial score (nSPS) is 23.9. The molecule has 2 unspecified atom stereocenters. The highest BCUT2D eigenvalue weighted by molar-refractivity contribution is 5.48. The second-order valence-electron chi connectivity index (χ2n) is 5.30. The first-order valence-corrected chi connectivity index (χ1v) is 6.64. The SMILES string of the molecule is CC(C)c1nc(N)cc(N2CC(CO)OCC2C)n1. The summed E-state index contributed by atoms with van der Waals surface area (Å²) in [6.45, 7) is 7.36. The zero-order chi connectivity index (χ0) is 14.0. The van der Waals surface area contributed by atoms with Crippen LogP contribution in [0.3, 0.4) is 0 Å². The van der Waals surface area contributed by atoms with E-state index in [0.717, 1.165) is 11.6 Å². The first-order chi connectivity index (χ1) is 9.01. The fraction of sp³-hybridized carbons (Fsp3) is 0.692. The Morgan fingerprint density at radius 3 is 2.89 bits per heavy atom. The van der Waals surface area contributed by atoms with Crippen molar-refractivity contribution in [3.8, 4) is 0 Å². The van der Waals surface area contributed by atoms with Gasteiger partial charge in [0.25, 0.3) is 0 Å². The molecule has 1 aromatic heterocycles. The lowest BCUT2D eigenvalue weighted by Crippen LogP contribution is -2.50. The van der Waals surface area contributed by atoms with E-state index in [4.69, 9.17) is 10.5 Å². The van der Waals surface area contributed by atoms with Crippen molar-refractivity contribution >= 4 is 11.6 Å². The molecule has 0 amide bonds. The minimum absolute atomic E-state index is 0.0147. The van der Waals surface area contributed by atoms with Gasteiger partial charge in [-0.25, -0.2) is 9.97 Å². The number of morpholine rings is 1. The van der Waals surface area contributed by atoms with Gasteiger partial charge in [0.15, 0.2) is 0 Å². The number of aliphatic hydroxyl groups excluding tert-OH is 1. The zero-order valence-electron chi connectivity index (χ0n) is 11.7. The molecule has 0 radical (unpaired) electrons.